The lowest BCUT2D eigenvalue weighted by atomic mass is 10.4. The van der Waals surface area contributed by atoms with Gasteiger partial charge in [0.1, 0.15) is 0 Å². The molecule has 0 unspecified atom stereocenters. The second-order valence-corrected chi connectivity index (χ2v) is 4.67. The van der Waals surface area contributed by atoms with Gasteiger partial charge >= 0.3 is 0 Å². The van der Waals surface area contributed by atoms with Crippen molar-refractivity contribution in [3.05, 3.63) is 6.42 Å². The van der Waals surface area contributed by atoms with Crippen LogP contribution in [-0.4, -0.2) is 8.22 Å². The predicted molar refractivity (Wildman–Crippen MR) is 48.1 cm³/mol. The Morgan fingerprint density at radius 3 is 2.00 bits per heavy atom. The van der Waals surface area contributed by atoms with Gasteiger partial charge in [0, 0.05) is 6.42 Å². The Labute approximate surface area is 78.0 Å². The minimum Gasteiger partial charge on any atom is -0.0864 e. The molecule has 0 saturated carbocycles. The maximum Gasteiger partial charge on any atom is 0.193 e. The van der Waals surface area contributed by atoms with E-state index >= 15 is 0 Å². The van der Waals surface area contributed by atoms with Crippen LogP contribution in [0.3, 0.4) is 0 Å². The van der Waals surface area contributed by atoms with Gasteiger partial charge in [-0.25, -0.2) is 0 Å². The van der Waals surface area contributed by atoms with Crippen LogP contribution in [0, 0.1) is 6.42 Å². The summed E-state index contributed by atoms with van der Waals surface area (Å²) in [6, 6.07) is 0. The van der Waals surface area contributed by atoms with Gasteiger partial charge in [0.2, 0.25) is 0 Å². The molecule has 0 aromatic heterocycles. The van der Waals surface area contributed by atoms with Crippen molar-refractivity contribution in [1.29, 1.82) is 0 Å². The van der Waals surface area contributed by atoms with E-state index in [1.807, 2.05) is 0 Å². The fourth-order valence-corrected chi connectivity index (χ4v) is 0.857. The van der Waals surface area contributed by atoms with Crippen molar-refractivity contribution >= 4 is 57.4 Å². The van der Waals surface area contributed by atoms with E-state index < -0.39 is 3.79 Å². The van der Waals surface area contributed by atoms with Gasteiger partial charge in [-0.15, -0.1) is 0 Å². The molecule has 8 heavy (non-hydrogen) atoms. The molecular formula is C4H5Cl3I. The normalized spacial score (nSPS) is 12.0. The van der Waals surface area contributed by atoms with Crippen LogP contribution in [0.25, 0.3) is 0 Å². The third-order valence-corrected chi connectivity index (χ3v) is 1.57. The summed E-state index contributed by atoms with van der Waals surface area (Å²) < 4.78 is -0.170. The molecular weight excluding hydrogens is 281 g/mol. The highest BCUT2D eigenvalue weighted by atomic mass is 127. The Balaban J connectivity index is 3.11. The summed E-state index contributed by atoms with van der Waals surface area (Å²) in [7, 11) is 0. The van der Waals surface area contributed by atoms with E-state index in [0.29, 0.717) is 0 Å². The molecule has 49 valence electrons. The second kappa shape index (κ2) is 4.42. The molecule has 0 bridgehead atoms. The first kappa shape index (κ1) is 9.60. The minimum atomic E-state index is -1.16. The largest absolute Gasteiger partial charge is 0.193 e. The van der Waals surface area contributed by atoms with Gasteiger partial charge < -0.3 is 0 Å². The van der Waals surface area contributed by atoms with Crippen molar-refractivity contribution in [2.45, 2.75) is 10.2 Å². The summed E-state index contributed by atoms with van der Waals surface area (Å²) in [5.74, 6) is 0. The fourth-order valence-electron chi connectivity index (χ4n) is 0.218. The molecule has 0 atom stereocenters. The fraction of sp³-hybridized carbons (Fsp3) is 0.750. The Morgan fingerprint density at radius 2 is 1.88 bits per heavy atom. The maximum absolute atomic E-state index is 5.38. The van der Waals surface area contributed by atoms with Crippen molar-refractivity contribution in [3.63, 3.8) is 0 Å². The van der Waals surface area contributed by atoms with Crippen LogP contribution < -0.4 is 0 Å². The van der Waals surface area contributed by atoms with E-state index in [9.17, 15) is 0 Å². The molecule has 0 N–H and O–H groups in total. The summed E-state index contributed by atoms with van der Waals surface area (Å²) in [6.07, 6.45) is 2.50. The highest BCUT2D eigenvalue weighted by Crippen LogP contribution is 2.30. The zero-order valence-corrected chi connectivity index (χ0v) is 8.43. The van der Waals surface area contributed by atoms with E-state index in [1.54, 1.807) is 6.42 Å². The van der Waals surface area contributed by atoms with Crippen LogP contribution >= 0.6 is 57.4 Å². The van der Waals surface area contributed by atoms with E-state index in [4.69, 9.17) is 34.8 Å². The first-order valence-corrected chi connectivity index (χ1v) is 4.69. The molecule has 0 nitrogen and oxygen atoms in total. The molecule has 0 amide bonds. The summed E-state index contributed by atoms with van der Waals surface area (Å²) in [4.78, 5) is 0. The molecule has 0 aliphatic heterocycles. The highest BCUT2D eigenvalue weighted by Gasteiger charge is 2.17. The average molecular weight is 286 g/mol. The van der Waals surface area contributed by atoms with E-state index in [-0.39, 0.29) is 0 Å². The molecule has 0 heterocycles. The summed E-state index contributed by atoms with van der Waals surface area (Å²) in [5.41, 5.74) is 0. The lowest BCUT2D eigenvalue weighted by Gasteiger charge is -2.06. The van der Waals surface area contributed by atoms with Crippen molar-refractivity contribution < 1.29 is 0 Å². The monoisotopic (exact) mass is 285 g/mol. The third-order valence-electron chi connectivity index (χ3n) is 0.485. The van der Waals surface area contributed by atoms with E-state index in [2.05, 4.69) is 22.6 Å². The number of hydrogen-bond acceptors (Lipinski definition) is 0. The van der Waals surface area contributed by atoms with Gasteiger partial charge in [0.05, 0.1) is 0 Å². The van der Waals surface area contributed by atoms with Gasteiger partial charge in [-0.3, -0.25) is 0 Å². The SMILES string of the molecule is ClC(Cl)(Cl)[CH]CCI. The Hall–Kier alpha value is 1.60. The smallest absolute Gasteiger partial charge is 0.0864 e. The first-order valence-electron chi connectivity index (χ1n) is 2.03. The lowest BCUT2D eigenvalue weighted by Crippen LogP contribution is -2.02. The zero-order valence-electron chi connectivity index (χ0n) is 4.00. The quantitative estimate of drug-likeness (QED) is 0.539. The van der Waals surface area contributed by atoms with Crippen LogP contribution in [0.2, 0.25) is 0 Å². The molecule has 0 saturated heterocycles. The van der Waals surface area contributed by atoms with Crippen LogP contribution in [0.15, 0.2) is 0 Å². The summed E-state index contributed by atoms with van der Waals surface area (Å²) in [6.45, 7) is 0. The van der Waals surface area contributed by atoms with Crippen molar-refractivity contribution in [2.24, 2.45) is 0 Å². The molecule has 0 spiro atoms. The lowest BCUT2D eigenvalue weighted by molar-refractivity contribution is 1.06. The molecule has 0 aliphatic carbocycles. The minimum absolute atomic E-state index is 0.844. The summed E-state index contributed by atoms with van der Waals surface area (Å²) >= 11 is 18.4. The van der Waals surface area contributed by atoms with E-state index in [0.717, 1.165) is 10.8 Å². The molecule has 4 heteroatoms. The number of alkyl halides is 4. The van der Waals surface area contributed by atoms with Crippen LogP contribution in [0.1, 0.15) is 6.42 Å². The molecule has 0 rings (SSSR count). The third kappa shape index (κ3) is 7.60. The highest BCUT2D eigenvalue weighted by molar-refractivity contribution is 14.1. The van der Waals surface area contributed by atoms with Gasteiger partial charge in [0.25, 0.3) is 0 Å². The van der Waals surface area contributed by atoms with Gasteiger partial charge in [0.15, 0.2) is 3.79 Å². The average Bonchev–Trinajstić information content (AvgIpc) is 1.59. The Bertz CT molecular complexity index is 58.8. The van der Waals surface area contributed by atoms with Gasteiger partial charge in [-0.2, -0.15) is 0 Å². The van der Waals surface area contributed by atoms with Crippen LogP contribution in [0.5, 0.6) is 0 Å². The molecule has 0 aromatic rings. The van der Waals surface area contributed by atoms with Gasteiger partial charge in [-0.05, 0) is 10.8 Å². The maximum atomic E-state index is 5.38. The number of rotatable bonds is 2. The van der Waals surface area contributed by atoms with Crippen molar-refractivity contribution in [1.82, 2.24) is 0 Å². The van der Waals surface area contributed by atoms with Crippen molar-refractivity contribution in [2.75, 3.05) is 4.43 Å². The molecule has 0 fully saturated rings. The van der Waals surface area contributed by atoms with E-state index in [1.165, 1.54) is 0 Å². The zero-order chi connectivity index (χ0) is 6.62. The van der Waals surface area contributed by atoms with Crippen LogP contribution in [-0.2, 0) is 0 Å². The topological polar surface area (TPSA) is 0 Å². The summed E-state index contributed by atoms with van der Waals surface area (Å²) in [5, 5.41) is 0. The standard InChI is InChI=1S/C4H5Cl3I/c5-4(6,7)2-1-3-8/h2H,1,3H2. The Morgan fingerprint density at radius 1 is 1.38 bits per heavy atom. The van der Waals surface area contributed by atoms with Gasteiger partial charge in [-0.1, -0.05) is 57.4 Å². The molecule has 0 aliphatic rings. The molecule has 0 aromatic carbocycles. The predicted octanol–water partition coefficient (Wildman–Crippen LogP) is 3.39. The second-order valence-electron chi connectivity index (χ2n) is 1.22. The number of hydrogen-bond donors (Lipinski definition) is 0. The van der Waals surface area contributed by atoms with Crippen molar-refractivity contribution in [3.8, 4) is 0 Å². The first-order chi connectivity index (χ1) is 3.56. The van der Waals surface area contributed by atoms with Crippen LogP contribution in [0.4, 0.5) is 0 Å². The molecule has 1 radical (unpaired) electrons. The number of halogens is 4. The Kier molecular flexibility index (Phi) is 5.31.